The van der Waals surface area contributed by atoms with Crippen molar-refractivity contribution in [2.24, 2.45) is 17.8 Å². The number of aliphatic hydroxyl groups excluding tert-OH is 1. The Bertz CT molecular complexity index is 1030. The smallest absolute Gasteiger partial charge is 0.417 e. The number of cyclic esters (lactones) is 1. The van der Waals surface area contributed by atoms with Crippen LogP contribution in [0.15, 0.2) is 30.3 Å². The van der Waals surface area contributed by atoms with Crippen LogP contribution >= 0.6 is 0 Å². The monoisotopic (exact) mass is 546 g/mol. The lowest BCUT2D eigenvalue weighted by Crippen LogP contribution is -2.54. The van der Waals surface area contributed by atoms with Crippen LogP contribution in [0.1, 0.15) is 87.3 Å². The Morgan fingerprint density at radius 3 is 2.21 bits per heavy atom. The average molecular weight is 547 g/mol. The van der Waals surface area contributed by atoms with E-state index in [2.05, 4.69) is 0 Å². The van der Waals surface area contributed by atoms with Crippen molar-refractivity contribution >= 4 is 18.1 Å². The molecule has 9 heteroatoms. The van der Waals surface area contributed by atoms with Gasteiger partial charge in [-0.25, -0.2) is 14.5 Å². The van der Waals surface area contributed by atoms with E-state index in [0.717, 1.165) is 10.5 Å². The summed E-state index contributed by atoms with van der Waals surface area (Å²) in [6.07, 6.45) is -3.51. The number of ether oxygens (including phenoxy) is 3. The topological polar surface area (TPSA) is 106 Å². The fourth-order valence-corrected chi connectivity index (χ4v) is 5.74. The summed E-state index contributed by atoms with van der Waals surface area (Å²) >= 11 is 0. The molecule has 6 atom stereocenters. The molecule has 3 amide bonds. The first kappa shape index (κ1) is 30.9. The number of benzene rings is 1. The van der Waals surface area contributed by atoms with Gasteiger partial charge in [-0.3, -0.25) is 9.69 Å². The highest BCUT2D eigenvalue weighted by Gasteiger charge is 2.56. The molecule has 0 bridgehead atoms. The molecule has 1 N–H and O–H groups in total. The molecule has 2 heterocycles. The van der Waals surface area contributed by atoms with Crippen molar-refractivity contribution in [2.75, 3.05) is 0 Å². The van der Waals surface area contributed by atoms with E-state index in [1.54, 1.807) is 46.4 Å². The van der Waals surface area contributed by atoms with E-state index in [1.807, 2.05) is 58.0 Å². The minimum atomic E-state index is -1.29. The maximum atomic E-state index is 14.0. The summed E-state index contributed by atoms with van der Waals surface area (Å²) in [6, 6.07) is 8.18. The lowest BCUT2D eigenvalue weighted by molar-refractivity contribution is -0.150. The number of aliphatic hydroxyl groups is 1. The first-order chi connectivity index (χ1) is 18.0. The van der Waals surface area contributed by atoms with Gasteiger partial charge in [-0.15, -0.1) is 0 Å². The number of rotatable bonds is 7. The van der Waals surface area contributed by atoms with Crippen LogP contribution in [0.3, 0.4) is 0 Å². The van der Waals surface area contributed by atoms with Crippen LogP contribution in [0.25, 0.3) is 0 Å². The molecule has 3 rings (SSSR count). The molecule has 9 nitrogen and oxygen atoms in total. The van der Waals surface area contributed by atoms with E-state index in [4.69, 9.17) is 14.2 Å². The fraction of sp³-hybridized carbons (Fsp3) is 0.700. The number of carbonyl (C=O) groups is 3. The number of nitrogens with zero attached hydrogens (tertiary/aromatic N) is 2. The zero-order valence-electron chi connectivity index (χ0n) is 25.0. The Kier molecular flexibility index (Phi) is 9.07. The second-order valence-electron chi connectivity index (χ2n) is 13.0. The third-order valence-corrected chi connectivity index (χ3v) is 7.36. The number of hydrogen-bond donors (Lipinski definition) is 1. The van der Waals surface area contributed by atoms with Gasteiger partial charge >= 0.3 is 12.2 Å². The van der Waals surface area contributed by atoms with Gasteiger partial charge < -0.3 is 19.3 Å². The number of amides is 3. The van der Waals surface area contributed by atoms with Gasteiger partial charge in [0.25, 0.3) is 0 Å². The van der Waals surface area contributed by atoms with Crippen LogP contribution in [-0.4, -0.2) is 68.6 Å². The predicted molar refractivity (Wildman–Crippen MR) is 147 cm³/mol. The van der Waals surface area contributed by atoms with Gasteiger partial charge in [0.1, 0.15) is 23.5 Å². The number of carbonyl (C=O) groups excluding carboxylic acids is 3. The van der Waals surface area contributed by atoms with Crippen LogP contribution < -0.4 is 0 Å². The zero-order chi connectivity index (χ0) is 29.4. The summed E-state index contributed by atoms with van der Waals surface area (Å²) in [4.78, 5) is 43.0. The molecule has 1 aromatic carbocycles. The predicted octanol–water partition coefficient (Wildman–Crippen LogP) is 5.51. The molecule has 2 aliphatic heterocycles. The van der Waals surface area contributed by atoms with Gasteiger partial charge in [0.15, 0.2) is 0 Å². The molecular formula is C30H46N2O7. The first-order valence-corrected chi connectivity index (χ1v) is 13.9. The quantitative estimate of drug-likeness (QED) is 0.480. The van der Waals surface area contributed by atoms with Crippen molar-refractivity contribution in [3.63, 3.8) is 0 Å². The Hall–Kier alpha value is -2.65. The van der Waals surface area contributed by atoms with Gasteiger partial charge in [0, 0.05) is 0 Å². The molecule has 0 aliphatic carbocycles. The number of imide groups is 1. The van der Waals surface area contributed by atoms with E-state index < -0.39 is 65.7 Å². The van der Waals surface area contributed by atoms with Crippen molar-refractivity contribution in [3.05, 3.63) is 35.9 Å². The van der Waals surface area contributed by atoms with E-state index in [0.29, 0.717) is 6.42 Å². The molecule has 39 heavy (non-hydrogen) atoms. The van der Waals surface area contributed by atoms with E-state index in [-0.39, 0.29) is 11.8 Å². The first-order valence-electron chi connectivity index (χ1n) is 13.9. The van der Waals surface area contributed by atoms with Crippen molar-refractivity contribution in [2.45, 2.75) is 117 Å². The molecular weight excluding hydrogens is 500 g/mol. The van der Waals surface area contributed by atoms with Crippen LogP contribution in [-0.2, 0) is 19.0 Å². The minimum Gasteiger partial charge on any atom is -0.444 e. The van der Waals surface area contributed by atoms with Crippen molar-refractivity contribution < 1.29 is 33.7 Å². The molecule has 2 saturated heterocycles. The molecule has 1 aromatic rings. The van der Waals surface area contributed by atoms with E-state index in [1.165, 1.54) is 0 Å². The van der Waals surface area contributed by atoms with Crippen molar-refractivity contribution in [3.8, 4) is 0 Å². The third-order valence-electron chi connectivity index (χ3n) is 7.36. The van der Waals surface area contributed by atoms with E-state index >= 15 is 0 Å². The molecule has 218 valence electrons. The molecule has 0 unspecified atom stereocenters. The largest absolute Gasteiger partial charge is 0.444 e. The summed E-state index contributed by atoms with van der Waals surface area (Å²) in [6.45, 7) is 18.4. The SMILES string of the molecule is CC(C)C[C@H]1[C@H]([C@H](O)[C@H](C(=O)N2C(=O)O[C@@H](c3ccccc3)[C@H]2C)C(C)C)OC(C)(C)N1C(=O)OC(C)(C)C. The van der Waals surface area contributed by atoms with E-state index in [9.17, 15) is 19.5 Å². The summed E-state index contributed by atoms with van der Waals surface area (Å²) in [5.41, 5.74) is -1.01. The van der Waals surface area contributed by atoms with Gasteiger partial charge in [-0.1, -0.05) is 58.0 Å². The lowest BCUT2D eigenvalue weighted by atomic mass is 9.82. The van der Waals surface area contributed by atoms with Crippen LogP contribution in [0.4, 0.5) is 9.59 Å². The van der Waals surface area contributed by atoms with Gasteiger partial charge in [0.05, 0.1) is 24.1 Å². The molecule has 2 fully saturated rings. The lowest BCUT2D eigenvalue weighted by Gasteiger charge is -2.36. The summed E-state index contributed by atoms with van der Waals surface area (Å²) in [5.74, 6) is -1.65. The second kappa shape index (κ2) is 11.5. The summed E-state index contributed by atoms with van der Waals surface area (Å²) in [5, 5.41) is 11.8. The minimum absolute atomic E-state index is 0.167. The standard InChI is InChI=1S/C30H46N2O7/c1-17(2)16-21-25(38-30(9,10)32(21)28(36)39-29(6,7)8)23(33)22(18(3)4)26(34)31-19(5)24(37-27(31)35)20-14-12-11-13-15-20/h11-15,17-19,21-25,33H,16H2,1-10H3/t19-,21+,22-,23-,24-,25-/m1/s1. The Labute approximate surface area is 232 Å². The van der Waals surface area contributed by atoms with Gasteiger partial charge in [-0.2, -0.15) is 0 Å². The molecule has 0 spiro atoms. The highest BCUT2D eigenvalue weighted by atomic mass is 16.6. The molecule has 0 saturated carbocycles. The van der Waals surface area contributed by atoms with Gasteiger partial charge in [0.2, 0.25) is 5.91 Å². The summed E-state index contributed by atoms with van der Waals surface area (Å²) < 4.78 is 17.7. The zero-order valence-corrected chi connectivity index (χ0v) is 25.0. The number of hydrogen-bond acceptors (Lipinski definition) is 7. The van der Waals surface area contributed by atoms with Gasteiger partial charge in [-0.05, 0) is 65.4 Å². The highest BCUT2D eigenvalue weighted by Crippen LogP contribution is 2.41. The average Bonchev–Trinajstić information content (AvgIpc) is 3.23. The molecule has 0 radical (unpaired) electrons. The van der Waals surface area contributed by atoms with Crippen LogP contribution in [0.5, 0.6) is 0 Å². The van der Waals surface area contributed by atoms with Crippen LogP contribution in [0, 0.1) is 17.8 Å². The Morgan fingerprint density at radius 2 is 1.69 bits per heavy atom. The van der Waals surface area contributed by atoms with Crippen LogP contribution in [0.2, 0.25) is 0 Å². The summed E-state index contributed by atoms with van der Waals surface area (Å²) in [7, 11) is 0. The normalized spacial score (nSPS) is 26.6. The molecule has 2 aliphatic rings. The van der Waals surface area contributed by atoms with Crippen molar-refractivity contribution in [1.29, 1.82) is 0 Å². The highest BCUT2D eigenvalue weighted by molar-refractivity contribution is 5.95. The Morgan fingerprint density at radius 1 is 1.10 bits per heavy atom. The van der Waals surface area contributed by atoms with Crippen molar-refractivity contribution in [1.82, 2.24) is 9.80 Å². The maximum absolute atomic E-state index is 14.0. The Balaban J connectivity index is 1.93. The maximum Gasteiger partial charge on any atom is 0.417 e. The third kappa shape index (κ3) is 6.57. The fourth-order valence-electron chi connectivity index (χ4n) is 5.74. The molecule has 0 aromatic heterocycles. The second-order valence-corrected chi connectivity index (χ2v) is 13.0.